The summed E-state index contributed by atoms with van der Waals surface area (Å²) < 4.78 is 5.28. The van der Waals surface area contributed by atoms with Gasteiger partial charge in [-0.05, 0) is 61.3 Å². The number of carbonyl (C=O) groups excluding carboxylic acids is 2. The highest BCUT2D eigenvalue weighted by molar-refractivity contribution is 5.88. The van der Waals surface area contributed by atoms with Crippen molar-refractivity contribution in [3.05, 3.63) is 59.7 Å². The molecule has 3 rings (SSSR count). The van der Waals surface area contributed by atoms with E-state index in [2.05, 4.69) is 27.7 Å². The number of methoxy groups -OCH3 is 1. The van der Waals surface area contributed by atoms with Crippen LogP contribution in [0.2, 0.25) is 0 Å². The van der Waals surface area contributed by atoms with Gasteiger partial charge in [0.1, 0.15) is 5.75 Å². The van der Waals surface area contributed by atoms with Gasteiger partial charge in [0, 0.05) is 19.2 Å². The number of carbonyl (C=O) groups is 2. The van der Waals surface area contributed by atoms with Crippen LogP contribution < -0.4 is 15.4 Å². The van der Waals surface area contributed by atoms with E-state index in [1.54, 1.807) is 7.11 Å². The Morgan fingerprint density at radius 1 is 1.00 bits per heavy atom. The third kappa shape index (κ3) is 6.32. The van der Waals surface area contributed by atoms with Crippen LogP contribution in [-0.2, 0) is 16.0 Å². The van der Waals surface area contributed by atoms with Crippen LogP contribution >= 0.6 is 0 Å². The number of anilines is 1. The first-order chi connectivity index (χ1) is 14.5. The van der Waals surface area contributed by atoms with Crippen LogP contribution in [0.15, 0.2) is 48.5 Å². The number of nitrogens with zero attached hydrogens (tertiary/aromatic N) is 1. The molecule has 6 heteroatoms. The summed E-state index contributed by atoms with van der Waals surface area (Å²) in [6.07, 6.45) is 3.98. The number of nitrogens with one attached hydrogen (secondary N) is 2. The fourth-order valence-corrected chi connectivity index (χ4v) is 3.88. The number of amides is 2. The predicted molar refractivity (Wildman–Crippen MR) is 119 cm³/mol. The fraction of sp³-hybridized carbons (Fsp3) is 0.417. The van der Waals surface area contributed by atoms with Crippen LogP contribution in [0.25, 0.3) is 0 Å². The molecule has 1 fully saturated rings. The van der Waals surface area contributed by atoms with Gasteiger partial charge in [0.25, 0.3) is 0 Å². The maximum Gasteiger partial charge on any atom is 0.224 e. The molecule has 1 saturated heterocycles. The Bertz CT molecular complexity index is 828. The van der Waals surface area contributed by atoms with Gasteiger partial charge >= 0.3 is 0 Å². The molecular weight excluding hydrogens is 378 g/mol. The van der Waals surface area contributed by atoms with E-state index in [0.29, 0.717) is 13.0 Å². The molecule has 0 saturated carbocycles. The molecule has 160 valence electrons. The third-order valence-corrected chi connectivity index (χ3v) is 5.46. The van der Waals surface area contributed by atoms with Crippen molar-refractivity contribution in [2.75, 3.05) is 32.1 Å². The van der Waals surface area contributed by atoms with Crippen molar-refractivity contribution in [3.63, 3.8) is 0 Å². The number of benzene rings is 2. The van der Waals surface area contributed by atoms with Crippen molar-refractivity contribution in [3.8, 4) is 5.75 Å². The Balaban J connectivity index is 1.61. The van der Waals surface area contributed by atoms with Gasteiger partial charge in [0.2, 0.25) is 11.8 Å². The molecule has 0 aromatic heterocycles. The lowest BCUT2D eigenvalue weighted by atomic mass is 10.0. The molecule has 2 aromatic carbocycles. The molecule has 0 spiro atoms. The molecule has 0 aliphatic carbocycles. The minimum atomic E-state index is -0.109. The molecule has 1 aliphatic heterocycles. The summed E-state index contributed by atoms with van der Waals surface area (Å²) in [4.78, 5) is 26.2. The smallest absolute Gasteiger partial charge is 0.224 e. The van der Waals surface area contributed by atoms with Crippen LogP contribution in [0.4, 0.5) is 5.69 Å². The van der Waals surface area contributed by atoms with E-state index < -0.39 is 0 Å². The molecule has 0 radical (unpaired) electrons. The zero-order valence-electron chi connectivity index (χ0n) is 17.8. The molecule has 2 N–H and O–H groups in total. The zero-order chi connectivity index (χ0) is 21.3. The van der Waals surface area contributed by atoms with Crippen molar-refractivity contribution < 1.29 is 14.3 Å². The van der Waals surface area contributed by atoms with Crippen LogP contribution in [0.5, 0.6) is 5.75 Å². The van der Waals surface area contributed by atoms with Crippen LogP contribution in [-0.4, -0.2) is 43.5 Å². The average molecular weight is 410 g/mol. The second-order valence-corrected chi connectivity index (χ2v) is 7.74. The first-order valence-corrected chi connectivity index (χ1v) is 10.6. The van der Waals surface area contributed by atoms with Gasteiger partial charge in [-0.3, -0.25) is 14.5 Å². The number of hydrogen-bond acceptors (Lipinski definition) is 4. The molecular formula is C24H31N3O3. The van der Waals surface area contributed by atoms with E-state index in [1.807, 2.05) is 36.4 Å². The van der Waals surface area contributed by atoms with E-state index in [1.165, 1.54) is 31.7 Å². The molecule has 30 heavy (non-hydrogen) atoms. The summed E-state index contributed by atoms with van der Waals surface area (Å²) in [6, 6.07) is 15.7. The zero-order valence-corrected chi connectivity index (χ0v) is 17.8. The third-order valence-electron chi connectivity index (χ3n) is 5.46. The lowest BCUT2D eigenvalue weighted by Gasteiger charge is -2.35. The molecule has 2 aromatic rings. The molecule has 2 amide bonds. The quantitative estimate of drug-likeness (QED) is 0.700. The number of hydrogen-bond donors (Lipinski definition) is 2. The minimum absolute atomic E-state index is 0.00204. The van der Waals surface area contributed by atoms with Crippen molar-refractivity contribution in [1.29, 1.82) is 0 Å². The maximum absolute atomic E-state index is 12.6. The van der Waals surface area contributed by atoms with Crippen LogP contribution in [0, 0.1) is 0 Å². The number of piperidine rings is 1. The minimum Gasteiger partial charge on any atom is -0.497 e. The summed E-state index contributed by atoms with van der Waals surface area (Å²) in [6.45, 7) is 4.16. The highest BCUT2D eigenvalue weighted by Crippen LogP contribution is 2.26. The van der Waals surface area contributed by atoms with Gasteiger partial charge in [0.15, 0.2) is 0 Å². The van der Waals surface area contributed by atoms with Gasteiger partial charge in [0.05, 0.1) is 19.6 Å². The van der Waals surface area contributed by atoms with Gasteiger partial charge < -0.3 is 15.4 Å². The number of likely N-dealkylation sites (tertiary alicyclic amines) is 1. The molecule has 0 bridgehead atoms. The summed E-state index contributed by atoms with van der Waals surface area (Å²) >= 11 is 0. The van der Waals surface area contributed by atoms with Crippen molar-refractivity contribution >= 4 is 17.5 Å². The Hall–Kier alpha value is -2.86. The molecule has 1 unspecified atom stereocenters. The molecule has 1 atom stereocenters. The number of ether oxygens (including phenoxy) is 1. The highest BCUT2D eigenvalue weighted by atomic mass is 16.5. The van der Waals surface area contributed by atoms with E-state index in [9.17, 15) is 9.59 Å². The summed E-state index contributed by atoms with van der Waals surface area (Å²) in [5.41, 5.74) is 2.84. The van der Waals surface area contributed by atoms with E-state index in [0.717, 1.165) is 30.1 Å². The van der Waals surface area contributed by atoms with Crippen LogP contribution in [0.3, 0.4) is 0 Å². The first kappa shape index (κ1) is 21.8. The average Bonchev–Trinajstić information content (AvgIpc) is 2.76. The Labute approximate surface area is 178 Å². The summed E-state index contributed by atoms with van der Waals surface area (Å²) in [5, 5.41) is 5.85. The Morgan fingerprint density at radius 3 is 2.27 bits per heavy atom. The molecule has 6 nitrogen and oxygen atoms in total. The standard InChI is InChI=1S/C24H31N3O3/c1-18(28)26-21-10-6-19(7-11-21)16-24(29)25-17-23(27-14-4-3-5-15-27)20-8-12-22(30-2)13-9-20/h6-13,23H,3-5,14-17H2,1-2H3,(H,25,29)(H,26,28). The summed E-state index contributed by atoms with van der Waals surface area (Å²) in [5.74, 6) is 0.725. The Kier molecular flexibility index (Phi) is 7.85. The van der Waals surface area contributed by atoms with Crippen molar-refractivity contribution in [1.82, 2.24) is 10.2 Å². The largest absolute Gasteiger partial charge is 0.497 e. The highest BCUT2D eigenvalue weighted by Gasteiger charge is 2.23. The second-order valence-electron chi connectivity index (χ2n) is 7.74. The predicted octanol–water partition coefficient (Wildman–Crippen LogP) is 3.54. The second kappa shape index (κ2) is 10.8. The SMILES string of the molecule is COc1ccc(C(CNC(=O)Cc2ccc(NC(C)=O)cc2)N2CCCCC2)cc1. The Morgan fingerprint density at radius 2 is 1.67 bits per heavy atom. The van der Waals surface area contributed by atoms with Crippen molar-refractivity contribution in [2.24, 2.45) is 0 Å². The monoisotopic (exact) mass is 409 g/mol. The molecule has 1 heterocycles. The van der Waals surface area contributed by atoms with E-state index in [-0.39, 0.29) is 17.9 Å². The first-order valence-electron chi connectivity index (χ1n) is 10.6. The van der Waals surface area contributed by atoms with E-state index >= 15 is 0 Å². The van der Waals surface area contributed by atoms with Crippen molar-refractivity contribution in [2.45, 2.75) is 38.6 Å². The van der Waals surface area contributed by atoms with Gasteiger partial charge in [-0.15, -0.1) is 0 Å². The topological polar surface area (TPSA) is 70.7 Å². The van der Waals surface area contributed by atoms with E-state index in [4.69, 9.17) is 4.74 Å². The summed E-state index contributed by atoms with van der Waals surface area (Å²) in [7, 11) is 1.67. The van der Waals surface area contributed by atoms with Gasteiger partial charge in [-0.1, -0.05) is 30.7 Å². The normalized spacial score (nSPS) is 15.3. The lowest BCUT2D eigenvalue weighted by Crippen LogP contribution is -2.41. The fourth-order valence-electron chi connectivity index (χ4n) is 3.88. The van der Waals surface area contributed by atoms with Gasteiger partial charge in [-0.25, -0.2) is 0 Å². The maximum atomic E-state index is 12.6. The number of rotatable bonds is 8. The molecule has 1 aliphatic rings. The lowest BCUT2D eigenvalue weighted by molar-refractivity contribution is -0.120. The van der Waals surface area contributed by atoms with Crippen LogP contribution in [0.1, 0.15) is 43.4 Å². The van der Waals surface area contributed by atoms with Gasteiger partial charge in [-0.2, -0.15) is 0 Å².